The van der Waals surface area contributed by atoms with E-state index in [1.165, 1.54) is 25.7 Å². The van der Waals surface area contributed by atoms with Crippen molar-refractivity contribution in [1.29, 1.82) is 0 Å². The Kier molecular flexibility index (Phi) is 3.84. The van der Waals surface area contributed by atoms with Gasteiger partial charge < -0.3 is 19.7 Å². The van der Waals surface area contributed by atoms with E-state index in [-0.39, 0.29) is 29.1 Å². The van der Waals surface area contributed by atoms with Gasteiger partial charge in [-0.1, -0.05) is 13.8 Å². The maximum Gasteiger partial charge on any atom is 0.163 e. The van der Waals surface area contributed by atoms with E-state index in [1.807, 2.05) is 0 Å². The molecule has 154 valence electrons. The molecule has 0 unspecified atom stereocenters. The van der Waals surface area contributed by atoms with Crippen molar-refractivity contribution in [2.24, 2.45) is 34.0 Å². The third-order valence-electron chi connectivity index (χ3n) is 10.4. The minimum absolute atomic E-state index is 0.0770. The lowest BCUT2D eigenvalue weighted by Crippen LogP contribution is -2.63. The van der Waals surface area contributed by atoms with E-state index in [0.717, 1.165) is 38.2 Å². The van der Waals surface area contributed by atoms with Crippen LogP contribution in [0.2, 0.25) is 0 Å². The average molecular weight is 379 g/mol. The number of hydrogen-bond donors (Lipinski definition) is 2. The summed E-state index contributed by atoms with van der Waals surface area (Å²) in [6.45, 7) is 9.62. The highest BCUT2D eigenvalue weighted by Crippen LogP contribution is 2.76. The second kappa shape index (κ2) is 5.50. The van der Waals surface area contributed by atoms with Crippen LogP contribution < -0.4 is 0 Å². The van der Waals surface area contributed by atoms with Crippen LogP contribution in [0.25, 0.3) is 0 Å². The summed E-state index contributed by atoms with van der Waals surface area (Å²) >= 11 is 0. The molecule has 0 aromatic carbocycles. The first kappa shape index (κ1) is 18.8. The van der Waals surface area contributed by atoms with Gasteiger partial charge in [0.25, 0.3) is 0 Å². The van der Waals surface area contributed by atoms with Crippen LogP contribution in [0.1, 0.15) is 79.1 Å². The molecule has 4 saturated carbocycles. The number of rotatable bonds is 1. The summed E-state index contributed by atoms with van der Waals surface area (Å²) in [6, 6.07) is 0. The van der Waals surface area contributed by atoms with Crippen LogP contribution in [0.15, 0.2) is 0 Å². The molecule has 5 rings (SSSR count). The molecule has 0 aromatic heterocycles. The molecule has 4 aliphatic carbocycles. The third-order valence-corrected chi connectivity index (χ3v) is 10.4. The van der Waals surface area contributed by atoms with Crippen molar-refractivity contribution in [3.8, 4) is 0 Å². The molecule has 2 N–H and O–H groups in total. The Morgan fingerprint density at radius 1 is 0.963 bits per heavy atom. The Labute approximate surface area is 164 Å². The molecule has 0 amide bonds. The summed E-state index contributed by atoms with van der Waals surface area (Å²) in [7, 11) is 0. The zero-order valence-corrected chi connectivity index (χ0v) is 17.6. The molecule has 4 nitrogen and oxygen atoms in total. The molecule has 1 aliphatic heterocycles. The summed E-state index contributed by atoms with van der Waals surface area (Å²) in [5.41, 5.74) is 0.151. The normalized spacial score (nSPS) is 58.9. The van der Waals surface area contributed by atoms with Gasteiger partial charge in [-0.2, -0.15) is 0 Å². The van der Waals surface area contributed by atoms with E-state index in [2.05, 4.69) is 27.7 Å². The fraction of sp³-hybridized carbons (Fsp3) is 1.00. The highest BCUT2D eigenvalue weighted by atomic mass is 16.8. The van der Waals surface area contributed by atoms with Gasteiger partial charge in [-0.05, 0) is 93.8 Å². The first-order valence-electron chi connectivity index (χ1n) is 11.2. The quantitative estimate of drug-likeness (QED) is 0.727. The van der Waals surface area contributed by atoms with Gasteiger partial charge in [0.2, 0.25) is 0 Å². The molecule has 2 bridgehead atoms. The number of aliphatic hydroxyl groups is 2. The van der Waals surface area contributed by atoms with Crippen LogP contribution in [-0.4, -0.2) is 40.9 Å². The van der Waals surface area contributed by atoms with Crippen molar-refractivity contribution in [2.75, 3.05) is 13.2 Å². The van der Waals surface area contributed by atoms with E-state index in [4.69, 9.17) is 9.47 Å². The summed E-state index contributed by atoms with van der Waals surface area (Å²) in [5, 5.41) is 21.0. The van der Waals surface area contributed by atoms with E-state index >= 15 is 0 Å². The molecular formula is C23H38O4. The topological polar surface area (TPSA) is 58.9 Å². The average Bonchev–Trinajstić information content (AvgIpc) is 3.12. The summed E-state index contributed by atoms with van der Waals surface area (Å²) in [6.07, 6.45) is 8.83. The van der Waals surface area contributed by atoms with Gasteiger partial charge in [0, 0.05) is 5.41 Å². The maximum atomic E-state index is 10.8. The molecular weight excluding hydrogens is 340 g/mol. The molecule has 27 heavy (non-hydrogen) atoms. The van der Waals surface area contributed by atoms with Crippen molar-refractivity contribution in [2.45, 2.75) is 96.6 Å². The SMILES string of the molecule is CC1(C)OC[C@]2(CC[C@]34C[C@H]2C[C@@H]3CC[C@H]2[C@](C)(CO)[C@H](O)CC[C@@]24C)O1. The summed E-state index contributed by atoms with van der Waals surface area (Å²) in [5.74, 6) is 1.34. The van der Waals surface area contributed by atoms with E-state index in [1.54, 1.807) is 0 Å². The van der Waals surface area contributed by atoms with Crippen LogP contribution in [0.4, 0.5) is 0 Å². The van der Waals surface area contributed by atoms with Gasteiger partial charge in [0.05, 0.1) is 24.9 Å². The standard InChI is InChI=1S/C23H38O4/c1-19(2)26-14-23(27-19)10-9-22-12-16(23)11-15(22)5-6-17-20(3,13-24)18(25)7-8-21(17,22)4/h15-18,24-25H,5-14H2,1-4H3/t15-,16+,17-,18+,20-,21-,22-,23-/m0/s1. The van der Waals surface area contributed by atoms with Gasteiger partial charge in [0.1, 0.15) is 0 Å². The van der Waals surface area contributed by atoms with Crippen molar-refractivity contribution in [3.05, 3.63) is 0 Å². The van der Waals surface area contributed by atoms with E-state index in [9.17, 15) is 10.2 Å². The predicted molar refractivity (Wildman–Crippen MR) is 103 cm³/mol. The zero-order chi connectivity index (χ0) is 19.3. The van der Waals surface area contributed by atoms with Gasteiger partial charge in [0.15, 0.2) is 5.79 Å². The Morgan fingerprint density at radius 2 is 1.74 bits per heavy atom. The minimum atomic E-state index is -0.449. The monoisotopic (exact) mass is 378 g/mol. The molecule has 5 aliphatic rings. The number of fused-ring (bicyclic) bond motifs is 3. The Bertz CT molecular complexity index is 634. The summed E-state index contributed by atoms with van der Waals surface area (Å²) in [4.78, 5) is 0. The van der Waals surface area contributed by atoms with Crippen molar-refractivity contribution in [1.82, 2.24) is 0 Å². The second-order valence-corrected chi connectivity index (χ2v) is 11.6. The maximum absolute atomic E-state index is 10.8. The van der Waals surface area contributed by atoms with Crippen LogP contribution in [0.5, 0.6) is 0 Å². The molecule has 1 heterocycles. The van der Waals surface area contributed by atoms with Crippen LogP contribution in [-0.2, 0) is 9.47 Å². The highest BCUT2D eigenvalue weighted by Gasteiger charge is 2.71. The Morgan fingerprint density at radius 3 is 2.41 bits per heavy atom. The fourth-order valence-electron chi connectivity index (χ4n) is 8.88. The molecule has 1 saturated heterocycles. The number of hydrogen-bond acceptors (Lipinski definition) is 4. The summed E-state index contributed by atoms with van der Waals surface area (Å²) < 4.78 is 12.6. The Hall–Kier alpha value is -0.160. The van der Waals surface area contributed by atoms with Gasteiger partial charge in [-0.25, -0.2) is 0 Å². The smallest absolute Gasteiger partial charge is 0.163 e. The molecule has 4 heteroatoms. The Balaban J connectivity index is 1.51. The molecule has 8 atom stereocenters. The van der Waals surface area contributed by atoms with Crippen LogP contribution >= 0.6 is 0 Å². The third kappa shape index (κ3) is 2.19. The van der Waals surface area contributed by atoms with Crippen LogP contribution in [0.3, 0.4) is 0 Å². The lowest BCUT2D eigenvalue weighted by Gasteiger charge is -2.66. The molecule has 0 aromatic rings. The van der Waals surface area contributed by atoms with E-state index < -0.39 is 5.79 Å². The molecule has 5 fully saturated rings. The first-order chi connectivity index (χ1) is 12.6. The van der Waals surface area contributed by atoms with Gasteiger partial charge >= 0.3 is 0 Å². The van der Waals surface area contributed by atoms with Gasteiger partial charge in [-0.3, -0.25) is 0 Å². The fourth-order valence-corrected chi connectivity index (χ4v) is 8.88. The predicted octanol–water partition coefficient (Wildman–Crippen LogP) is 3.88. The molecule has 0 radical (unpaired) electrons. The lowest BCUT2D eigenvalue weighted by atomic mass is 9.39. The highest BCUT2D eigenvalue weighted by molar-refractivity contribution is 5.20. The number of aliphatic hydroxyl groups excluding tert-OH is 2. The number of ether oxygens (including phenoxy) is 2. The first-order valence-corrected chi connectivity index (χ1v) is 11.2. The largest absolute Gasteiger partial charge is 0.396 e. The van der Waals surface area contributed by atoms with Crippen LogP contribution in [0, 0.1) is 34.0 Å². The van der Waals surface area contributed by atoms with Crippen molar-refractivity contribution in [3.63, 3.8) is 0 Å². The van der Waals surface area contributed by atoms with Crippen molar-refractivity contribution >= 4 is 0 Å². The lowest BCUT2D eigenvalue weighted by molar-refractivity contribution is -0.222. The zero-order valence-electron chi connectivity index (χ0n) is 17.6. The minimum Gasteiger partial charge on any atom is -0.396 e. The molecule has 2 spiro atoms. The second-order valence-electron chi connectivity index (χ2n) is 11.6. The van der Waals surface area contributed by atoms with E-state index in [0.29, 0.717) is 17.3 Å². The van der Waals surface area contributed by atoms with Gasteiger partial charge in [-0.15, -0.1) is 0 Å². The van der Waals surface area contributed by atoms with Crippen molar-refractivity contribution < 1.29 is 19.7 Å².